The van der Waals surface area contributed by atoms with E-state index in [0.29, 0.717) is 6.42 Å². The lowest BCUT2D eigenvalue weighted by Crippen LogP contribution is -2.33. The van der Waals surface area contributed by atoms with Crippen molar-refractivity contribution in [1.29, 1.82) is 0 Å². The summed E-state index contributed by atoms with van der Waals surface area (Å²) in [5, 5.41) is 2.99. The van der Waals surface area contributed by atoms with Crippen molar-refractivity contribution in [2.24, 2.45) is 5.41 Å². The van der Waals surface area contributed by atoms with E-state index in [1.807, 2.05) is 12.1 Å². The van der Waals surface area contributed by atoms with Crippen LogP contribution in [0.1, 0.15) is 25.8 Å². The van der Waals surface area contributed by atoms with Gasteiger partial charge >= 0.3 is 0 Å². The molecule has 1 aromatic rings. The zero-order chi connectivity index (χ0) is 12.5. The topological polar surface area (TPSA) is 38.3 Å². The van der Waals surface area contributed by atoms with E-state index >= 15 is 0 Å². The summed E-state index contributed by atoms with van der Waals surface area (Å²) < 4.78 is 5.14. The van der Waals surface area contributed by atoms with E-state index in [4.69, 9.17) is 4.74 Å². The molecule has 0 radical (unpaired) electrons. The largest absolute Gasteiger partial charge is 0.497 e. The molecule has 3 heteroatoms. The zero-order valence-corrected chi connectivity index (χ0v) is 10.6. The number of hydrogen-bond acceptors (Lipinski definition) is 2. The molecule has 1 aromatic carbocycles. The number of amides is 1. The molecule has 3 nitrogen and oxygen atoms in total. The number of hydrogen-bond donors (Lipinski definition) is 1. The van der Waals surface area contributed by atoms with Crippen molar-refractivity contribution >= 4 is 5.91 Å². The minimum absolute atomic E-state index is 0.0195. The number of carbonyl (C=O) groups excluding carboxylic acids is 1. The van der Waals surface area contributed by atoms with Crippen LogP contribution in [-0.4, -0.2) is 19.1 Å². The van der Waals surface area contributed by atoms with Gasteiger partial charge in [-0.1, -0.05) is 19.1 Å². The molecule has 0 spiro atoms. The summed E-state index contributed by atoms with van der Waals surface area (Å²) in [7, 11) is 1.66. The molecular formula is C14H19NO2. The van der Waals surface area contributed by atoms with Gasteiger partial charge < -0.3 is 10.1 Å². The zero-order valence-electron chi connectivity index (χ0n) is 10.6. The van der Waals surface area contributed by atoms with Crippen LogP contribution in [0.3, 0.4) is 0 Å². The predicted molar refractivity (Wildman–Crippen MR) is 67.0 cm³/mol. The average Bonchev–Trinajstić information content (AvgIpc) is 2.53. The highest BCUT2D eigenvalue weighted by Gasteiger charge is 2.40. The van der Waals surface area contributed by atoms with Crippen LogP contribution in [-0.2, 0) is 11.2 Å². The number of carbonyl (C=O) groups is 1. The van der Waals surface area contributed by atoms with Gasteiger partial charge in [-0.3, -0.25) is 4.79 Å². The normalized spacial score (nSPS) is 27.9. The van der Waals surface area contributed by atoms with Crippen molar-refractivity contribution in [3.63, 3.8) is 0 Å². The molecule has 1 heterocycles. The van der Waals surface area contributed by atoms with Crippen LogP contribution in [0, 0.1) is 5.41 Å². The molecule has 92 valence electrons. The van der Waals surface area contributed by atoms with Crippen molar-refractivity contribution in [3.8, 4) is 5.75 Å². The van der Waals surface area contributed by atoms with E-state index in [9.17, 15) is 4.79 Å². The maximum Gasteiger partial charge on any atom is 0.220 e. The van der Waals surface area contributed by atoms with Gasteiger partial charge in [0.25, 0.3) is 0 Å². The fraction of sp³-hybridized carbons (Fsp3) is 0.500. The van der Waals surface area contributed by atoms with Crippen LogP contribution in [0.2, 0.25) is 0 Å². The average molecular weight is 233 g/mol. The second-order valence-corrected chi connectivity index (χ2v) is 5.14. The monoisotopic (exact) mass is 233 g/mol. The Labute approximate surface area is 102 Å². The summed E-state index contributed by atoms with van der Waals surface area (Å²) in [5.41, 5.74) is 1.27. The molecule has 1 saturated heterocycles. The van der Waals surface area contributed by atoms with Crippen LogP contribution in [0.5, 0.6) is 5.75 Å². The molecule has 1 fully saturated rings. The number of rotatable bonds is 3. The minimum atomic E-state index is 0.0195. The van der Waals surface area contributed by atoms with Crippen molar-refractivity contribution < 1.29 is 9.53 Å². The molecule has 0 saturated carbocycles. The summed E-state index contributed by atoms with van der Waals surface area (Å²) >= 11 is 0. The van der Waals surface area contributed by atoms with Gasteiger partial charge in [-0.05, 0) is 31.0 Å². The molecule has 2 unspecified atom stereocenters. The van der Waals surface area contributed by atoms with E-state index in [1.54, 1.807) is 7.11 Å². The van der Waals surface area contributed by atoms with Crippen molar-refractivity contribution in [1.82, 2.24) is 5.32 Å². The highest BCUT2D eigenvalue weighted by Crippen LogP contribution is 2.35. The second kappa shape index (κ2) is 4.40. The van der Waals surface area contributed by atoms with Gasteiger partial charge in [-0.15, -0.1) is 0 Å². The van der Waals surface area contributed by atoms with Gasteiger partial charge in [0.05, 0.1) is 7.11 Å². The van der Waals surface area contributed by atoms with E-state index in [2.05, 4.69) is 31.3 Å². The predicted octanol–water partition coefficient (Wildman–Crippen LogP) is 2.15. The molecule has 0 aliphatic carbocycles. The Morgan fingerprint density at radius 1 is 1.41 bits per heavy atom. The molecule has 17 heavy (non-hydrogen) atoms. The Morgan fingerprint density at radius 2 is 2.06 bits per heavy atom. The maximum absolute atomic E-state index is 11.4. The first-order valence-electron chi connectivity index (χ1n) is 5.96. The molecule has 1 aliphatic rings. The van der Waals surface area contributed by atoms with Crippen LogP contribution in [0.25, 0.3) is 0 Å². The summed E-state index contributed by atoms with van der Waals surface area (Å²) in [6.07, 6.45) is 1.52. The van der Waals surface area contributed by atoms with Gasteiger partial charge in [-0.25, -0.2) is 0 Å². The Balaban J connectivity index is 2.11. The van der Waals surface area contributed by atoms with Gasteiger partial charge in [-0.2, -0.15) is 0 Å². The Hall–Kier alpha value is -1.51. The number of methoxy groups -OCH3 is 1. The lowest BCUT2D eigenvalue weighted by atomic mass is 9.78. The molecule has 1 amide bonds. The van der Waals surface area contributed by atoms with Gasteiger partial charge in [0, 0.05) is 17.9 Å². The number of nitrogens with one attached hydrogen (secondary N) is 1. The molecule has 1 aliphatic heterocycles. The standard InChI is InChI=1S/C14H19NO2/c1-10-14(2,9-13(16)15-10)8-11-4-6-12(17-3)7-5-11/h4-7,10H,8-9H2,1-3H3,(H,15,16). The van der Waals surface area contributed by atoms with E-state index in [1.165, 1.54) is 5.56 Å². The molecule has 1 N–H and O–H groups in total. The van der Waals surface area contributed by atoms with Crippen molar-refractivity contribution in [2.45, 2.75) is 32.7 Å². The summed E-state index contributed by atoms with van der Waals surface area (Å²) in [6.45, 7) is 4.24. The lowest BCUT2D eigenvalue weighted by Gasteiger charge is -2.27. The van der Waals surface area contributed by atoms with Crippen LogP contribution < -0.4 is 10.1 Å². The second-order valence-electron chi connectivity index (χ2n) is 5.14. The third-order valence-electron chi connectivity index (χ3n) is 3.75. The van der Waals surface area contributed by atoms with Gasteiger partial charge in [0.2, 0.25) is 5.91 Å². The first kappa shape index (κ1) is 12.0. The van der Waals surface area contributed by atoms with Crippen LogP contribution in [0.4, 0.5) is 0 Å². The number of benzene rings is 1. The fourth-order valence-electron chi connectivity index (χ4n) is 2.41. The number of ether oxygens (including phenoxy) is 1. The first-order valence-corrected chi connectivity index (χ1v) is 5.96. The van der Waals surface area contributed by atoms with Crippen LogP contribution in [0.15, 0.2) is 24.3 Å². The molecule has 2 rings (SSSR count). The molecule has 0 bridgehead atoms. The van der Waals surface area contributed by atoms with E-state index in [0.717, 1.165) is 12.2 Å². The lowest BCUT2D eigenvalue weighted by molar-refractivity contribution is -0.119. The highest BCUT2D eigenvalue weighted by atomic mass is 16.5. The highest BCUT2D eigenvalue weighted by molar-refractivity contribution is 5.79. The van der Waals surface area contributed by atoms with Crippen molar-refractivity contribution in [3.05, 3.63) is 29.8 Å². The first-order chi connectivity index (χ1) is 8.03. The summed E-state index contributed by atoms with van der Waals surface area (Å²) in [5.74, 6) is 1.03. The minimum Gasteiger partial charge on any atom is -0.497 e. The Bertz CT molecular complexity index is 413. The van der Waals surface area contributed by atoms with Crippen LogP contribution >= 0.6 is 0 Å². The SMILES string of the molecule is COc1ccc(CC2(C)CC(=O)NC2C)cc1. The molecule has 2 atom stereocenters. The molecular weight excluding hydrogens is 214 g/mol. The quantitative estimate of drug-likeness (QED) is 0.868. The third kappa shape index (κ3) is 2.43. The maximum atomic E-state index is 11.4. The Kier molecular flexibility index (Phi) is 3.09. The Morgan fingerprint density at radius 3 is 2.53 bits per heavy atom. The van der Waals surface area contributed by atoms with Gasteiger partial charge in [0.1, 0.15) is 5.75 Å². The molecule has 0 aromatic heterocycles. The van der Waals surface area contributed by atoms with Crippen molar-refractivity contribution in [2.75, 3.05) is 7.11 Å². The third-order valence-corrected chi connectivity index (χ3v) is 3.75. The summed E-state index contributed by atoms with van der Waals surface area (Å²) in [4.78, 5) is 11.4. The van der Waals surface area contributed by atoms with E-state index in [-0.39, 0.29) is 17.4 Å². The smallest absolute Gasteiger partial charge is 0.220 e. The van der Waals surface area contributed by atoms with Gasteiger partial charge in [0.15, 0.2) is 0 Å². The summed E-state index contributed by atoms with van der Waals surface area (Å²) in [6, 6.07) is 8.30. The van der Waals surface area contributed by atoms with E-state index < -0.39 is 0 Å². The fourth-order valence-corrected chi connectivity index (χ4v) is 2.41.